The van der Waals surface area contributed by atoms with Gasteiger partial charge in [0.15, 0.2) is 0 Å². The summed E-state index contributed by atoms with van der Waals surface area (Å²) in [5.74, 6) is 0. The molecule has 2 N–H and O–H groups in total. The van der Waals surface area contributed by atoms with Gasteiger partial charge in [-0.05, 0) is 39.8 Å². The van der Waals surface area contributed by atoms with Crippen LogP contribution >= 0.6 is 0 Å². The maximum Gasteiger partial charge on any atom is 0.514 e. The van der Waals surface area contributed by atoms with E-state index < -0.39 is 7.12 Å². The van der Waals surface area contributed by atoms with E-state index in [-0.39, 0.29) is 11.2 Å². The molecule has 0 unspecified atom stereocenters. The second-order valence-electron chi connectivity index (χ2n) is 6.65. The van der Waals surface area contributed by atoms with Crippen molar-refractivity contribution < 1.29 is 9.31 Å². The Balaban J connectivity index is 1.86. The zero-order valence-corrected chi connectivity index (χ0v) is 13.5. The van der Waals surface area contributed by atoms with Crippen molar-refractivity contribution in [3.8, 4) is 11.1 Å². The number of benzene rings is 1. The van der Waals surface area contributed by atoms with Crippen molar-refractivity contribution in [2.24, 2.45) is 0 Å². The third-order valence-corrected chi connectivity index (χ3v) is 4.55. The summed E-state index contributed by atoms with van der Waals surface area (Å²) in [6.07, 6.45) is 1.81. The van der Waals surface area contributed by atoms with Crippen LogP contribution in [-0.4, -0.2) is 23.3 Å². The predicted octanol–water partition coefficient (Wildman–Crippen LogP) is 2.63. The van der Waals surface area contributed by atoms with Crippen LogP contribution in [0.2, 0.25) is 0 Å². The first-order valence-electron chi connectivity index (χ1n) is 7.47. The Labute approximate surface area is 131 Å². The highest BCUT2D eigenvalue weighted by Crippen LogP contribution is 2.36. The highest BCUT2D eigenvalue weighted by atomic mass is 16.7. The minimum Gasteiger partial charge on any atom is -0.398 e. The lowest BCUT2D eigenvalue weighted by atomic mass is 9.84. The van der Waals surface area contributed by atoms with Crippen LogP contribution in [0.1, 0.15) is 27.7 Å². The quantitative estimate of drug-likeness (QED) is 0.683. The molecule has 1 aromatic heterocycles. The van der Waals surface area contributed by atoms with Gasteiger partial charge in [-0.2, -0.15) is 0 Å². The van der Waals surface area contributed by atoms with Gasteiger partial charge in [0.05, 0.1) is 16.8 Å². The molecule has 1 aliphatic rings. The van der Waals surface area contributed by atoms with E-state index in [2.05, 4.69) is 4.98 Å². The Kier molecular flexibility index (Phi) is 3.50. The summed E-state index contributed by atoms with van der Waals surface area (Å²) in [6.45, 7) is 8.14. The topological polar surface area (TPSA) is 57.4 Å². The first-order chi connectivity index (χ1) is 10.3. The normalized spacial score (nSPS) is 19.4. The van der Waals surface area contributed by atoms with E-state index in [0.29, 0.717) is 0 Å². The Bertz CT molecular complexity index is 667. The van der Waals surface area contributed by atoms with E-state index >= 15 is 0 Å². The fourth-order valence-corrected chi connectivity index (χ4v) is 2.43. The van der Waals surface area contributed by atoms with Gasteiger partial charge in [0.1, 0.15) is 0 Å². The molecule has 0 bridgehead atoms. The molecule has 0 amide bonds. The van der Waals surface area contributed by atoms with Crippen molar-refractivity contribution in [3.05, 3.63) is 42.6 Å². The number of nitrogens with zero attached hydrogens (tertiary/aromatic N) is 1. The molecule has 0 atom stereocenters. The van der Waals surface area contributed by atoms with Crippen LogP contribution < -0.4 is 11.3 Å². The Morgan fingerprint density at radius 1 is 0.955 bits per heavy atom. The monoisotopic (exact) mass is 296 g/mol. The van der Waals surface area contributed by atoms with Crippen molar-refractivity contribution in [1.82, 2.24) is 4.98 Å². The highest BCUT2D eigenvalue weighted by Gasteiger charge is 2.52. The number of para-hydroxylation sites is 1. The molecule has 4 nitrogen and oxygen atoms in total. The van der Waals surface area contributed by atoms with Crippen LogP contribution in [0.3, 0.4) is 0 Å². The second-order valence-corrected chi connectivity index (χ2v) is 6.65. The van der Waals surface area contributed by atoms with Crippen LogP contribution in [-0.2, 0) is 9.31 Å². The van der Waals surface area contributed by atoms with Gasteiger partial charge in [-0.1, -0.05) is 24.3 Å². The van der Waals surface area contributed by atoms with Gasteiger partial charge in [0.25, 0.3) is 0 Å². The molecule has 1 saturated heterocycles. The summed E-state index contributed by atoms with van der Waals surface area (Å²) in [5.41, 5.74) is 8.77. The smallest absolute Gasteiger partial charge is 0.398 e. The first kappa shape index (κ1) is 15.1. The van der Waals surface area contributed by atoms with Crippen LogP contribution in [0.25, 0.3) is 11.1 Å². The van der Waals surface area contributed by atoms with E-state index in [0.717, 1.165) is 22.4 Å². The van der Waals surface area contributed by atoms with Crippen molar-refractivity contribution in [2.75, 3.05) is 5.73 Å². The molecule has 0 saturated carbocycles. The number of anilines is 1. The van der Waals surface area contributed by atoms with Gasteiger partial charge in [-0.3, -0.25) is 4.98 Å². The Hall–Kier alpha value is -1.85. The van der Waals surface area contributed by atoms with Gasteiger partial charge in [0, 0.05) is 23.0 Å². The molecule has 0 aliphatic carbocycles. The molecule has 1 aliphatic heterocycles. The van der Waals surface area contributed by atoms with Crippen LogP contribution in [0.4, 0.5) is 5.69 Å². The Morgan fingerprint density at radius 3 is 2.14 bits per heavy atom. The van der Waals surface area contributed by atoms with Crippen LogP contribution in [0, 0.1) is 0 Å². The number of nitrogens with two attached hydrogens (primary N) is 1. The fourth-order valence-electron chi connectivity index (χ4n) is 2.43. The zero-order valence-electron chi connectivity index (χ0n) is 13.5. The minimum atomic E-state index is -0.438. The van der Waals surface area contributed by atoms with Crippen molar-refractivity contribution in [2.45, 2.75) is 38.9 Å². The second kappa shape index (κ2) is 5.11. The summed E-state index contributed by atoms with van der Waals surface area (Å²) >= 11 is 0. The lowest BCUT2D eigenvalue weighted by Crippen LogP contribution is -2.41. The van der Waals surface area contributed by atoms with E-state index in [4.69, 9.17) is 15.0 Å². The number of aromatic nitrogens is 1. The molecule has 1 fully saturated rings. The third kappa shape index (κ3) is 2.51. The summed E-state index contributed by atoms with van der Waals surface area (Å²) < 4.78 is 12.0. The summed E-state index contributed by atoms with van der Waals surface area (Å²) in [5, 5.41) is 0. The number of pyridine rings is 1. The van der Waals surface area contributed by atoms with Gasteiger partial charge < -0.3 is 15.0 Å². The molecule has 3 rings (SSSR count). The van der Waals surface area contributed by atoms with Crippen LogP contribution in [0.15, 0.2) is 42.6 Å². The largest absolute Gasteiger partial charge is 0.514 e. The van der Waals surface area contributed by atoms with E-state index in [1.807, 2.05) is 70.3 Å². The average Bonchev–Trinajstić information content (AvgIpc) is 2.68. The Morgan fingerprint density at radius 2 is 1.59 bits per heavy atom. The highest BCUT2D eigenvalue weighted by molar-refractivity contribution is 6.61. The molecule has 22 heavy (non-hydrogen) atoms. The van der Waals surface area contributed by atoms with Gasteiger partial charge in [-0.15, -0.1) is 0 Å². The number of rotatable bonds is 2. The molecule has 2 aromatic rings. The molecule has 0 radical (unpaired) electrons. The van der Waals surface area contributed by atoms with E-state index in [9.17, 15) is 0 Å². The minimum absolute atomic E-state index is 0.359. The average molecular weight is 296 g/mol. The van der Waals surface area contributed by atoms with Gasteiger partial charge >= 0.3 is 7.12 Å². The van der Waals surface area contributed by atoms with E-state index in [1.54, 1.807) is 0 Å². The van der Waals surface area contributed by atoms with Crippen molar-refractivity contribution >= 4 is 18.4 Å². The number of nitrogen functional groups attached to an aromatic ring is 1. The van der Waals surface area contributed by atoms with Crippen molar-refractivity contribution in [1.29, 1.82) is 0 Å². The maximum absolute atomic E-state index is 6.01. The predicted molar refractivity (Wildman–Crippen MR) is 89.8 cm³/mol. The summed E-state index contributed by atoms with van der Waals surface area (Å²) in [7, 11) is -0.438. The molecule has 0 spiro atoms. The van der Waals surface area contributed by atoms with E-state index in [1.165, 1.54) is 0 Å². The standard InChI is InChI=1S/C17H21BN2O2/c1-16(2)17(3,4)22-18(21-16)15-10-9-12(11-20-15)13-7-5-6-8-14(13)19/h5-11H,19H2,1-4H3. The fraction of sp³-hybridized carbons (Fsp3) is 0.353. The molecule has 114 valence electrons. The van der Waals surface area contributed by atoms with Crippen LogP contribution in [0.5, 0.6) is 0 Å². The van der Waals surface area contributed by atoms with Gasteiger partial charge in [-0.25, -0.2) is 0 Å². The zero-order chi connectivity index (χ0) is 16.0. The first-order valence-corrected chi connectivity index (χ1v) is 7.47. The lowest BCUT2D eigenvalue weighted by Gasteiger charge is -2.32. The summed E-state index contributed by atoms with van der Waals surface area (Å²) in [6, 6.07) is 11.7. The molecule has 1 aromatic carbocycles. The van der Waals surface area contributed by atoms with Gasteiger partial charge in [0.2, 0.25) is 0 Å². The third-order valence-electron chi connectivity index (χ3n) is 4.55. The molecular formula is C17H21BN2O2. The number of hydrogen-bond acceptors (Lipinski definition) is 4. The maximum atomic E-state index is 6.01. The molecule has 5 heteroatoms. The van der Waals surface area contributed by atoms with Crippen molar-refractivity contribution in [3.63, 3.8) is 0 Å². The molecular weight excluding hydrogens is 275 g/mol. The SMILES string of the molecule is CC1(C)OB(c2ccc(-c3ccccc3N)cn2)OC1(C)C. The summed E-state index contributed by atoms with van der Waals surface area (Å²) in [4.78, 5) is 4.50. The number of hydrogen-bond donors (Lipinski definition) is 1. The molecule has 2 heterocycles. The lowest BCUT2D eigenvalue weighted by molar-refractivity contribution is 0.00578.